The van der Waals surface area contributed by atoms with E-state index in [0.717, 1.165) is 22.0 Å². The lowest BCUT2D eigenvalue weighted by molar-refractivity contribution is -0.139. The number of carbonyl (C=O) groups excluding carboxylic acids is 1. The molecule has 0 saturated carbocycles. The van der Waals surface area contributed by atoms with Gasteiger partial charge in [-0.15, -0.1) is 0 Å². The summed E-state index contributed by atoms with van der Waals surface area (Å²) >= 11 is 0. The minimum atomic E-state index is -1.05. The molecule has 0 spiro atoms. The van der Waals surface area contributed by atoms with Crippen LogP contribution in [0.25, 0.3) is 21.9 Å². The first-order valence-corrected chi connectivity index (χ1v) is 11.1. The van der Waals surface area contributed by atoms with Crippen molar-refractivity contribution in [2.24, 2.45) is 10.9 Å². The molecule has 0 fully saturated rings. The summed E-state index contributed by atoms with van der Waals surface area (Å²) < 4.78 is 0. The molecule has 3 N–H and O–H groups in total. The predicted molar refractivity (Wildman–Crippen MR) is 134 cm³/mol. The van der Waals surface area contributed by atoms with E-state index in [0.29, 0.717) is 23.2 Å². The molecule has 7 heteroatoms. The molecule has 0 saturated heterocycles. The van der Waals surface area contributed by atoms with Gasteiger partial charge < -0.3 is 15.4 Å². The lowest BCUT2D eigenvalue weighted by Crippen LogP contribution is -2.41. The van der Waals surface area contributed by atoms with E-state index in [2.05, 4.69) is 20.3 Å². The lowest BCUT2D eigenvalue weighted by Gasteiger charge is -2.18. The van der Waals surface area contributed by atoms with E-state index in [-0.39, 0.29) is 5.92 Å². The second-order valence-electron chi connectivity index (χ2n) is 8.52. The van der Waals surface area contributed by atoms with E-state index >= 15 is 0 Å². The highest BCUT2D eigenvalue weighted by Crippen LogP contribution is 2.34. The molecular formula is C27H26N4O3. The minimum Gasteiger partial charge on any atom is -0.480 e. The van der Waals surface area contributed by atoms with E-state index < -0.39 is 17.9 Å². The number of carboxylic acids is 1. The zero-order chi connectivity index (χ0) is 24.1. The summed E-state index contributed by atoms with van der Waals surface area (Å²) in [5, 5.41) is 14.3. The Balaban J connectivity index is 1.79. The lowest BCUT2D eigenvalue weighted by atomic mass is 9.93. The Bertz CT molecular complexity index is 1340. The Kier molecular flexibility index (Phi) is 6.82. The Morgan fingerprint density at radius 2 is 1.88 bits per heavy atom. The number of benzene rings is 3. The fourth-order valence-electron chi connectivity index (χ4n) is 3.90. The average Bonchev–Trinajstić information content (AvgIpc) is 3.35. The van der Waals surface area contributed by atoms with Crippen molar-refractivity contribution in [3.63, 3.8) is 0 Å². The first kappa shape index (κ1) is 22.9. The maximum Gasteiger partial charge on any atom is 0.326 e. The number of nitrogens with one attached hydrogen (secondary N) is 2. The normalized spacial score (nSPS) is 12.3. The summed E-state index contributed by atoms with van der Waals surface area (Å²) in [5.41, 5.74) is 3.37. The molecule has 0 aliphatic rings. The number of carboxylic acid groups (broad SMARTS) is 1. The number of carbonyl (C=O) groups is 2. The highest BCUT2D eigenvalue weighted by atomic mass is 16.4. The SMILES string of the molecule is CC(C)CC(NC(=O)c1ccc(N=Cc2cnc[nH]2)cc1-c1cccc2ccccc12)C(=O)O. The molecular weight excluding hydrogens is 428 g/mol. The molecule has 3 aromatic carbocycles. The Hall–Kier alpha value is -4.26. The third-order valence-corrected chi connectivity index (χ3v) is 5.51. The molecule has 34 heavy (non-hydrogen) atoms. The second kappa shape index (κ2) is 10.1. The van der Waals surface area contributed by atoms with E-state index in [1.165, 1.54) is 0 Å². The van der Waals surface area contributed by atoms with Crippen molar-refractivity contribution in [2.75, 3.05) is 0 Å². The molecule has 1 atom stereocenters. The molecule has 1 unspecified atom stereocenters. The highest BCUT2D eigenvalue weighted by molar-refractivity contribution is 6.07. The third kappa shape index (κ3) is 5.20. The number of hydrogen-bond acceptors (Lipinski definition) is 4. The van der Waals surface area contributed by atoms with Gasteiger partial charge in [0.25, 0.3) is 5.91 Å². The molecule has 1 amide bonds. The monoisotopic (exact) mass is 454 g/mol. The van der Waals surface area contributed by atoms with E-state index in [1.54, 1.807) is 30.9 Å². The summed E-state index contributed by atoms with van der Waals surface area (Å²) in [6.45, 7) is 3.85. The summed E-state index contributed by atoms with van der Waals surface area (Å²) in [4.78, 5) is 36.5. The van der Waals surface area contributed by atoms with Crippen LogP contribution >= 0.6 is 0 Å². The maximum absolute atomic E-state index is 13.3. The van der Waals surface area contributed by atoms with Gasteiger partial charge in [-0.1, -0.05) is 56.3 Å². The van der Waals surface area contributed by atoms with Crippen LogP contribution in [-0.4, -0.2) is 39.2 Å². The average molecular weight is 455 g/mol. The van der Waals surface area contributed by atoms with Gasteiger partial charge in [0.1, 0.15) is 6.04 Å². The summed E-state index contributed by atoms with van der Waals surface area (Å²) in [7, 11) is 0. The number of aliphatic carboxylic acids is 1. The molecule has 0 aliphatic heterocycles. The van der Waals surface area contributed by atoms with Crippen LogP contribution in [0.4, 0.5) is 5.69 Å². The van der Waals surface area contributed by atoms with Gasteiger partial charge in [-0.05, 0) is 52.4 Å². The first-order chi connectivity index (χ1) is 16.4. The van der Waals surface area contributed by atoms with Crippen molar-refractivity contribution in [2.45, 2.75) is 26.3 Å². The van der Waals surface area contributed by atoms with Gasteiger partial charge in [0.05, 0.1) is 30.1 Å². The number of imidazole rings is 1. The van der Waals surface area contributed by atoms with Crippen LogP contribution in [0, 0.1) is 5.92 Å². The summed E-state index contributed by atoms with van der Waals surface area (Å²) in [6, 6.07) is 18.2. The van der Waals surface area contributed by atoms with Gasteiger partial charge in [-0.3, -0.25) is 9.79 Å². The van der Waals surface area contributed by atoms with Gasteiger partial charge in [-0.2, -0.15) is 0 Å². The molecule has 4 rings (SSSR count). The molecule has 7 nitrogen and oxygen atoms in total. The second-order valence-corrected chi connectivity index (χ2v) is 8.52. The first-order valence-electron chi connectivity index (χ1n) is 11.1. The molecule has 0 bridgehead atoms. The fourth-order valence-corrected chi connectivity index (χ4v) is 3.90. The topological polar surface area (TPSA) is 107 Å². The van der Waals surface area contributed by atoms with Crippen LogP contribution in [0.1, 0.15) is 36.3 Å². The largest absolute Gasteiger partial charge is 0.480 e. The van der Waals surface area contributed by atoms with Gasteiger partial charge in [-0.25, -0.2) is 9.78 Å². The van der Waals surface area contributed by atoms with Crippen LogP contribution in [0.3, 0.4) is 0 Å². The van der Waals surface area contributed by atoms with Gasteiger partial charge in [0.2, 0.25) is 0 Å². The van der Waals surface area contributed by atoms with Crippen molar-refractivity contribution in [1.29, 1.82) is 0 Å². The number of aliphatic imine (C=N–C) groups is 1. The Labute approximate surface area is 197 Å². The van der Waals surface area contributed by atoms with Crippen molar-refractivity contribution in [3.8, 4) is 11.1 Å². The zero-order valence-corrected chi connectivity index (χ0v) is 19.0. The summed E-state index contributed by atoms with van der Waals surface area (Å²) in [6.07, 6.45) is 5.25. The van der Waals surface area contributed by atoms with Crippen molar-refractivity contribution >= 4 is 34.6 Å². The smallest absolute Gasteiger partial charge is 0.326 e. The van der Waals surface area contributed by atoms with Gasteiger partial charge in [0, 0.05) is 5.56 Å². The standard InChI is InChI=1S/C27H26N4O3/c1-17(2)12-25(27(33)34)31-26(32)23-11-10-19(29-15-20-14-28-16-30-20)13-24(23)22-9-5-7-18-6-3-4-8-21(18)22/h3-11,13-17,25H,12H2,1-2H3,(H,28,30)(H,31,32)(H,33,34). The number of hydrogen-bond donors (Lipinski definition) is 3. The van der Waals surface area contributed by atoms with Crippen LogP contribution in [0.2, 0.25) is 0 Å². The molecule has 1 aromatic heterocycles. The quantitative estimate of drug-likeness (QED) is 0.318. The number of nitrogens with zero attached hydrogens (tertiary/aromatic N) is 2. The van der Waals surface area contributed by atoms with Crippen LogP contribution in [0.5, 0.6) is 0 Å². The molecule has 0 radical (unpaired) electrons. The van der Waals surface area contributed by atoms with Gasteiger partial charge >= 0.3 is 5.97 Å². The van der Waals surface area contributed by atoms with Crippen LogP contribution < -0.4 is 5.32 Å². The summed E-state index contributed by atoms with van der Waals surface area (Å²) in [5.74, 6) is -1.35. The van der Waals surface area contributed by atoms with Crippen molar-refractivity contribution < 1.29 is 14.7 Å². The van der Waals surface area contributed by atoms with Crippen molar-refractivity contribution in [1.82, 2.24) is 15.3 Å². The fraction of sp³-hybridized carbons (Fsp3) is 0.185. The number of fused-ring (bicyclic) bond motifs is 1. The number of amides is 1. The van der Waals surface area contributed by atoms with Crippen molar-refractivity contribution in [3.05, 3.63) is 84.4 Å². The highest BCUT2D eigenvalue weighted by Gasteiger charge is 2.24. The van der Waals surface area contributed by atoms with Crippen LogP contribution in [-0.2, 0) is 4.79 Å². The van der Waals surface area contributed by atoms with Gasteiger partial charge in [0.15, 0.2) is 0 Å². The van der Waals surface area contributed by atoms with Crippen LogP contribution in [0.15, 0.2) is 78.2 Å². The number of rotatable bonds is 8. The molecule has 1 heterocycles. The Morgan fingerprint density at radius 3 is 2.62 bits per heavy atom. The minimum absolute atomic E-state index is 0.123. The maximum atomic E-state index is 13.3. The number of aromatic nitrogens is 2. The molecule has 0 aliphatic carbocycles. The Morgan fingerprint density at radius 1 is 1.09 bits per heavy atom. The van der Waals surface area contributed by atoms with E-state index in [4.69, 9.17) is 0 Å². The predicted octanol–water partition coefficient (Wildman–Crippen LogP) is 5.21. The number of H-pyrrole nitrogens is 1. The molecule has 4 aromatic rings. The van der Waals surface area contributed by atoms with E-state index in [1.807, 2.05) is 62.4 Å². The number of aromatic amines is 1. The van der Waals surface area contributed by atoms with E-state index in [9.17, 15) is 14.7 Å². The molecule has 172 valence electrons. The third-order valence-electron chi connectivity index (χ3n) is 5.51. The zero-order valence-electron chi connectivity index (χ0n) is 19.0.